The topological polar surface area (TPSA) is 90.6 Å². The zero-order chi connectivity index (χ0) is 20.1. The molecule has 2 N–H and O–H groups in total. The minimum absolute atomic E-state index is 0.117. The van der Waals surface area contributed by atoms with E-state index in [1.807, 2.05) is 24.3 Å². The summed E-state index contributed by atoms with van der Waals surface area (Å²) in [5.74, 6) is 0.323. The van der Waals surface area contributed by atoms with Crippen molar-refractivity contribution in [2.24, 2.45) is 0 Å². The van der Waals surface area contributed by atoms with Crippen LogP contribution in [0.3, 0.4) is 0 Å². The minimum atomic E-state index is -0.159. The van der Waals surface area contributed by atoms with Gasteiger partial charge in [-0.1, -0.05) is 22.0 Å². The maximum atomic E-state index is 13.3. The van der Waals surface area contributed by atoms with Crippen molar-refractivity contribution in [2.75, 3.05) is 19.4 Å². The summed E-state index contributed by atoms with van der Waals surface area (Å²) in [5, 5.41) is 0.815. The summed E-state index contributed by atoms with van der Waals surface area (Å²) >= 11 is 3.50. The lowest BCUT2D eigenvalue weighted by molar-refractivity contribution is 0.0346. The van der Waals surface area contributed by atoms with Crippen LogP contribution in [0, 0.1) is 0 Å². The molecule has 1 atom stereocenters. The van der Waals surface area contributed by atoms with Crippen molar-refractivity contribution in [1.82, 2.24) is 14.9 Å². The standard InChI is InChI=1S/C21H19BrN4O3/c1-26(18-10-28-7-12-4-13(22)2-3-14(12)18)21(27)11-5-15-16-8-29-9-17(16)19(23)25-20(15)24-6-11/h2-6,18H,7-10H2,1H3,(H2,23,24,25)/t18-/m0/s1. The molecule has 0 spiro atoms. The van der Waals surface area contributed by atoms with Gasteiger partial charge in [-0.3, -0.25) is 4.79 Å². The van der Waals surface area contributed by atoms with Crippen LogP contribution in [-0.4, -0.2) is 34.4 Å². The third kappa shape index (κ3) is 3.08. The van der Waals surface area contributed by atoms with Gasteiger partial charge in [-0.05, 0) is 34.9 Å². The molecular formula is C21H19BrN4O3. The van der Waals surface area contributed by atoms with E-state index in [0.717, 1.165) is 32.1 Å². The highest BCUT2D eigenvalue weighted by atomic mass is 79.9. The molecule has 29 heavy (non-hydrogen) atoms. The zero-order valence-electron chi connectivity index (χ0n) is 15.8. The summed E-state index contributed by atoms with van der Waals surface area (Å²) in [6.45, 7) is 1.89. The number of halogens is 1. The number of nitrogen functional groups attached to an aromatic ring is 1. The Morgan fingerprint density at radius 2 is 2.03 bits per heavy atom. The van der Waals surface area contributed by atoms with Gasteiger partial charge in [-0.15, -0.1) is 0 Å². The molecule has 0 saturated heterocycles. The molecule has 7 nitrogen and oxygen atoms in total. The average Bonchev–Trinajstić information content (AvgIpc) is 3.23. The maximum absolute atomic E-state index is 13.3. The van der Waals surface area contributed by atoms with Crippen LogP contribution in [0.2, 0.25) is 0 Å². The third-order valence-electron chi connectivity index (χ3n) is 5.62. The Morgan fingerprint density at radius 1 is 1.21 bits per heavy atom. The van der Waals surface area contributed by atoms with E-state index in [4.69, 9.17) is 15.2 Å². The first kappa shape index (κ1) is 18.5. The number of fused-ring (bicyclic) bond motifs is 4. The molecule has 0 saturated carbocycles. The maximum Gasteiger partial charge on any atom is 0.255 e. The summed E-state index contributed by atoms with van der Waals surface area (Å²) < 4.78 is 12.3. The van der Waals surface area contributed by atoms with Gasteiger partial charge in [0.05, 0.1) is 38.0 Å². The summed E-state index contributed by atoms with van der Waals surface area (Å²) in [4.78, 5) is 23.7. The SMILES string of the molecule is CN(C(=O)c1cnc2nc(N)c3c(c2c1)COC3)[C@H]1COCc2cc(Br)ccc21. The summed E-state index contributed by atoms with van der Waals surface area (Å²) in [7, 11) is 1.80. The van der Waals surface area contributed by atoms with E-state index in [1.54, 1.807) is 18.1 Å². The average molecular weight is 455 g/mol. The number of hydrogen-bond acceptors (Lipinski definition) is 6. The molecule has 2 aromatic heterocycles. The number of aromatic nitrogens is 2. The van der Waals surface area contributed by atoms with E-state index in [0.29, 0.717) is 43.5 Å². The number of likely N-dealkylation sites (N-methyl/N-ethyl adjacent to an activating group) is 1. The van der Waals surface area contributed by atoms with Gasteiger partial charge in [-0.2, -0.15) is 0 Å². The van der Waals surface area contributed by atoms with Gasteiger partial charge < -0.3 is 20.1 Å². The summed E-state index contributed by atoms with van der Waals surface area (Å²) in [5.41, 5.74) is 11.1. The van der Waals surface area contributed by atoms with Gasteiger partial charge in [0.25, 0.3) is 5.91 Å². The smallest absolute Gasteiger partial charge is 0.255 e. The van der Waals surface area contributed by atoms with Gasteiger partial charge in [0, 0.05) is 28.7 Å². The lowest BCUT2D eigenvalue weighted by Gasteiger charge is -2.33. The monoisotopic (exact) mass is 454 g/mol. The highest BCUT2D eigenvalue weighted by Gasteiger charge is 2.29. The molecule has 0 radical (unpaired) electrons. The number of hydrogen-bond donors (Lipinski definition) is 1. The van der Waals surface area contributed by atoms with Gasteiger partial charge in [-0.25, -0.2) is 9.97 Å². The van der Waals surface area contributed by atoms with Gasteiger partial charge >= 0.3 is 0 Å². The Kier molecular flexibility index (Phi) is 4.49. The van der Waals surface area contributed by atoms with Crippen LogP contribution < -0.4 is 5.73 Å². The third-order valence-corrected chi connectivity index (χ3v) is 6.11. The van der Waals surface area contributed by atoms with Crippen LogP contribution >= 0.6 is 15.9 Å². The number of ether oxygens (including phenoxy) is 2. The lowest BCUT2D eigenvalue weighted by Crippen LogP contribution is -2.36. The van der Waals surface area contributed by atoms with Crippen LogP contribution in [-0.2, 0) is 29.3 Å². The number of nitrogens with zero attached hydrogens (tertiary/aromatic N) is 3. The highest BCUT2D eigenvalue weighted by molar-refractivity contribution is 9.10. The molecule has 3 aromatic rings. The molecule has 0 bridgehead atoms. The molecule has 1 amide bonds. The quantitative estimate of drug-likeness (QED) is 0.638. The van der Waals surface area contributed by atoms with Crippen molar-refractivity contribution in [2.45, 2.75) is 25.9 Å². The number of rotatable bonds is 2. The number of nitrogens with two attached hydrogens (primary N) is 1. The molecule has 1 aromatic carbocycles. The fourth-order valence-corrected chi connectivity index (χ4v) is 4.43. The second kappa shape index (κ2) is 7.05. The van der Waals surface area contributed by atoms with Crippen molar-refractivity contribution in [3.05, 3.63) is 62.8 Å². The minimum Gasteiger partial charge on any atom is -0.383 e. The van der Waals surface area contributed by atoms with E-state index >= 15 is 0 Å². The van der Waals surface area contributed by atoms with Crippen LogP contribution in [0.1, 0.15) is 38.7 Å². The molecule has 0 aliphatic carbocycles. The van der Waals surface area contributed by atoms with Crippen molar-refractivity contribution in [3.63, 3.8) is 0 Å². The van der Waals surface area contributed by atoms with Crippen LogP contribution in [0.25, 0.3) is 11.0 Å². The van der Waals surface area contributed by atoms with Crippen molar-refractivity contribution in [1.29, 1.82) is 0 Å². The van der Waals surface area contributed by atoms with Gasteiger partial charge in [0.15, 0.2) is 5.65 Å². The summed E-state index contributed by atoms with van der Waals surface area (Å²) in [6, 6.07) is 7.76. The summed E-state index contributed by atoms with van der Waals surface area (Å²) in [6.07, 6.45) is 1.56. The number of anilines is 1. The first-order valence-corrected chi connectivity index (χ1v) is 10.1. The molecule has 0 unspecified atom stereocenters. The Balaban J connectivity index is 1.51. The van der Waals surface area contributed by atoms with E-state index < -0.39 is 0 Å². The fraction of sp³-hybridized carbons (Fsp3) is 0.286. The number of carbonyl (C=O) groups is 1. The van der Waals surface area contributed by atoms with Gasteiger partial charge in [0.1, 0.15) is 5.82 Å². The van der Waals surface area contributed by atoms with E-state index in [9.17, 15) is 4.79 Å². The molecule has 4 heterocycles. The predicted octanol–water partition coefficient (Wildman–Crippen LogP) is 3.35. The highest BCUT2D eigenvalue weighted by Crippen LogP contribution is 2.33. The number of pyridine rings is 2. The van der Waals surface area contributed by atoms with Gasteiger partial charge in [0.2, 0.25) is 0 Å². The molecule has 2 aliphatic rings. The Hall–Kier alpha value is -2.55. The van der Waals surface area contributed by atoms with Crippen LogP contribution in [0.15, 0.2) is 34.9 Å². The van der Waals surface area contributed by atoms with E-state index in [2.05, 4.69) is 25.9 Å². The molecular weight excluding hydrogens is 436 g/mol. The van der Waals surface area contributed by atoms with E-state index in [-0.39, 0.29) is 11.9 Å². The predicted molar refractivity (Wildman–Crippen MR) is 111 cm³/mol. The fourth-order valence-electron chi connectivity index (χ4n) is 4.03. The second-order valence-corrected chi connectivity index (χ2v) is 8.25. The van der Waals surface area contributed by atoms with Crippen LogP contribution in [0.4, 0.5) is 5.82 Å². The zero-order valence-corrected chi connectivity index (χ0v) is 17.4. The Bertz CT molecular complexity index is 1150. The van der Waals surface area contributed by atoms with Crippen LogP contribution in [0.5, 0.6) is 0 Å². The first-order valence-electron chi connectivity index (χ1n) is 9.31. The Morgan fingerprint density at radius 3 is 2.90 bits per heavy atom. The molecule has 0 fully saturated rings. The molecule has 148 valence electrons. The molecule has 5 rings (SSSR count). The number of carbonyl (C=O) groups excluding carboxylic acids is 1. The largest absolute Gasteiger partial charge is 0.383 e. The van der Waals surface area contributed by atoms with Crippen molar-refractivity contribution >= 4 is 38.7 Å². The Labute approximate surface area is 176 Å². The number of amides is 1. The number of benzene rings is 1. The lowest BCUT2D eigenvalue weighted by atomic mass is 9.97. The normalized spacial score (nSPS) is 17.8. The molecule has 2 aliphatic heterocycles. The first-order chi connectivity index (χ1) is 14.0. The van der Waals surface area contributed by atoms with Crippen molar-refractivity contribution in [3.8, 4) is 0 Å². The van der Waals surface area contributed by atoms with Crippen molar-refractivity contribution < 1.29 is 14.3 Å². The second-order valence-electron chi connectivity index (χ2n) is 7.33. The molecule has 8 heteroatoms. The van der Waals surface area contributed by atoms with E-state index in [1.165, 1.54) is 0 Å².